The molecule has 7 aromatic carbocycles. The fourth-order valence-electron chi connectivity index (χ4n) is 5.61. The Balaban J connectivity index is 1.45. The highest BCUT2D eigenvalue weighted by Gasteiger charge is 2.20. The van der Waals surface area contributed by atoms with Crippen molar-refractivity contribution < 1.29 is 23.3 Å². The second kappa shape index (κ2) is 12.2. The molecule has 4 heteroatoms. The molecule has 0 spiro atoms. The Morgan fingerprint density at radius 3 is 1.43 bits per heavy atom. The summed E-state index contributed by atoms with van der Waals surface area (Å²) in [5, 5.41) is -0.450. The van der Waals surface area contributed by atoms with Crippen molar-refractivity contribution >= 4 is 21.8 Å². The summed E-state index contributed by atoms with van der Waals surface area (Å²) in [5.74, 6) is 0.448. The minimum absolute atomic E-state index is 0.00276. The van der Waals surface area contributed by atoms with Gasteiger partial charge in [0.2, 0.25) is 0 Å². The smallest absolute Gasteiger partial charge is 0.166 e. The van der Waals surface area contributed by atoms with Gasteiger partial charge in [-0.2, -0.15) is 0 Å². The number of hydrogen-bond donors (Lipinski definition) is 0. The van der Waals surface area contributed by atoms with Gasteiger partial charge in [0.1, 0.15) is 0 Å². The lowest BCUT2D eigenvalue weighted by molar-refractivity contribution is 1.06. The average molecular weight is 644 g/mol. The maximum atomic E-state index is 9.27. The molecule has 0 saturated carbocycles. The van der Waals surface area contributed by atoms with Gasteiger partial charge in [0, 0.05) is 27.5 Å². The first-order valence-corrected chi connectivity index (χ1v) is 15.1. The molecular formula is C45H30N4. The summed E-state index contributed by atoms with van der Waals surface area (Å²) < 4.78 is 151. The Bertz CT molecular complexity index is 3370. The highest BCUT2D eigenvalue weighted by Crippen LogP contribution is 2.38. The quantitative estimate of drug-likeness (QED) is 0.181. The lowest BCUT2D eigenvalue weighted by Gasteiger charge is -2.16. The van der Waals surface area contributed by atoms with Crippen LogP contribution in [-0.2, 0) is 0 Å². The summed E-state index contributed by atoms with van der Waals surface area (Å²) in [4.78, 5) is 14.5. The number of nitrogens with zero attached hydrogens (tertiary/aromatic N) is 4. The zero-order valence-corrected chi connectivity index (χ0v) is 25.3. The molecule has 0 amide bonds. The summed E-state index contributed by atoms with van der Waals surface area (Å²) in [6.07, 6.45) is 0. The topological polar surface area (TPSA) is 43.6 Å². The van der Waals surface area contributed by atoms with E-state index in [1.807, 2.05) is 12.1 Å². The second-order valence-corrected chi connectivity index (χ2v) is 10.8. The highest BCUT2D eigenvalue weighted by molar-refractivity contribution is 6.09. The summed E-state index contributed by atoms with van der Waals surface area (Å²) in [6.45, 7) is 0. The van der Waals surface area contributed by atoms with E-state index in [-0.39, 0.29) is 61.7 Å². The zero-order valence-electron chi connectivity index (χ0n) is 42.3. The van der Waals surface area contributed by atoms with Crippen LogP contribution in [0.25, 0.3) is 83.9 Å². The van der Waals surface area contributed by atoms with E-state index >= 15 is 0 Å². The van der Waals surface area contributed by atoms with Crippen LogP contribution >= 0.6 is 0 Å². The van der Waals surface area contributed by atoms with Crippen LogP contribution in [0.15, 0.2) is 182 Å². The predicted molar refractivity (Wildman–Crippen MR) is 201 cm³/mol. The van der Waals surface area contributed by atoms with E-state index in [1.54, 1.807) is 48.5 Å². The van der Waals surface area contributed by atoms with E-state index in [0.717, 1.165) is 0 Å². The van der Waals surface area contributed by atoms with Gasteiger partial charge >= 0.3 is 0 Å². The number of para-hydroxylation sites is 2. The normalized spacial score (nSPS) is 16.1. The lowest BCUT2D eigenvalue weighted by Crippen LogP contribution is -2.04. The van der Waals surface area contributed by atoms with Crippen LogP contribution in [0.1, 0.15) is 23.3 Å². The van der Waals surface area contributed by atoms with E-state index in [0.29, 0.717) is 11.1 Å². The van der Waals surface area contributed by atoms with Gasteiger partial charge in [-0.1, -0.05) is 157 Å². The maximum Gasteiger partial charge on any atom is 0.166 e. The molecule has 2 heterocycles. The van der Waals surface area contributed by atoms with Gasteiger partial charge in [-0.3, -0.25) is 0 Å². The summed E-state index contributed by atoms with van der Waals surface area (Å²) >= 11 is 0. The Hall–Kier alpha value is -6.65. The van der Waals surface area contributed by atoms with Gasteiger partial charge in [0.15, 0.2) is 17.5 Å². The van der Waals surface area contributed by atoms with E-state index in [9.17, 15) is 5.48 Å². The van der Waals surface area contributed by atoms with Crippen LogP contribution in [0.5, 0.6) is 0 Å². The third kappa shape index (κ3) is 5.26. The first kappa shape index (κ1) is 16.0. The lowest BCUT2D eigenvalue weighted by atomic mass is 9.98. The van der Waals surface area contributed by atoms with Crippen LogP contribution < -0.4 is 0 Å². The van der Waals surface area contributed by atoms with Crippen molar-refractivity contribution in [2.75, 3.05) is 0 Å². The minimum atomic E-state index is -0.738. The largest absolute Gasteiger partial charge is 0.308 e. The number of hydrogen-bond acceptors (Lipinski definition) is 3. The summed E-state index contributed by atoms with van der Waals surface area (Å²) in [7, 11) is 0. The molecule has 2 aromatic heterocycles. The van der Waals surface area contributed by atoms with Crippen LogP contribution in [0, 0.1) is 0 Å². The van der Waals surface area contributed by atoms with Crippen LogP contribution in [0.4, 0.5) is 0 Å². The number of rotatable bonds is 6. The van der Waals surface area contributed by atoms with Crippen LogP contribution in [-0.4, -0.2) is 19.5 Å². The predicted octanol–water partition coefficient (Wildman–Crippen LogP) is 11.3. The van der Waals surface area contributed by atoms with Crippen molar-refractivity contribution in [1.82, 2.24) is 19.5 Å². The van der Waals surface area contributed by atoms with Crippen molar-refractivity contribution in [2.45, 2.75) is 0 Å². The minimum Gasteiger partial charge on any atom is -0.308 e. The van der Waals surface area contributed by atoms with E-state index in [2.05, 4.69) is 0 Å². The maximum absolute atomic E-state index is 9.27. The number of benzene rings is 7. The van der Waals surface area contributed by atoms with Crippen molar-refractivity contribution in [1.29, 1.82) is 0 Å². The van der Waals surface area contributed by atoms with Gasteiger partial charge in [-0.25, -0.2) is 15.0 Å². The molecule has 49 heavy (non-hydrogen) atoms. The van der Waals surface area contributed by atoms with E-state index in [1.165, 1.54) is 22.8 Å². The van der Waals surface area contributed by atoms with E-state index in [4.69, 9.17) is 32.8 Å². The zero-order chi connectivity index (χ0) is 47.4. The SMILES string of the molecule is [2H]c1c([2H])c([2H])c(-c2c([2H])c([2H])c(-c3ccc(-c4nc(-c5ccccc5)nc(-c5ccccc5)n4)c(-n4c5c([2H])c([2H])c([2H])c([2H])c5c5c([2H])c([2H])c([2H])c([2H])c54)c3)c([2H])c2[2H])c([2H])c1[2H]. The van der Waals surface area contributed by atoms with E-state index < -0.39 is 114 Å². The fraction of sp³-hybridized carbons (Fsp3) is 0. The molecule has 0 aliphatic heterocycles. The molecule has 0 atom stereocenters. The van der Waals surface area contributed by atoms with Crippen molar-refractivity contribution in [3.8, 4) is 62.1 Å². The molecule has 0 bridgehead atoms. The number of fused-ring (bicyclic) bond motifs is 3. The summed E-state index contributed by atoms with van der Waals surface area (Å²) in [6, 6.07) is 10.8. The first-order chi connectivity index (χ1) is 31.4. The Kier molecular flexibility index (Phi) is 3.97. The molecule has 0 aliphatic carbocycles. The summed E-state index contributed by atoms with van der Waals surface area (Å²) in [5.41, 5.74) is -0.648. The third-order valence-electron chi connectivity index (χ3n) is 7.88. The molecule has 0 N–H and O–H groups in total. The molecule has 4 nitrogen and oxygen atoms in total. The molecule has 0 saturated heterocycles. The fourth-order valence-corrected chi connectivity index (χ4v) is 5.61. The van der Waals surface area contributed by atoms with Gasteiger partial charge in [-0.15, -0.1) is 0 Å². The van der Waals surface area contributed by atoms with Gasteiger partial charge < -0.3 is 4.57 Å². The highest BCUT2D eigenvalue weighted by atomic mass is 15.1. The van der Waals surface area contributed by atoms with Crippen molar-refractivity contribution in [3.63, 3.8) is 0 Å². The van der Waals surface area contributed by atoms with Crippen LogP contribution in [0.2, 0.25) is 0 Å². The molecule has 0 fully saturated rings. The third-order valence-corrected chi connectivity index (χ3v) is 7.88. The molecular weight excluding hydrogens is 597 g/mol. The average Bonchev–Trinajstić information content (AvgIpc) is 3.70. The Labute approximate surface area is 308 Å². The van der Waals surface area contributed by atoms with Crippen molar-refractivity contribution in [3.05, 3.63) is 182 Å². The molecule has 0 radical (unpaired) electrons. The molecule has 230 valence electrons. The second-order valence-electron chi connectivity index (χ2n) is 10.8. The Morgan fingerprint density at radius 1 is 0.388 bits per heavy atom. The van der Waals surface area contributed by atoms with Crippen LogP contribution in [0.3, 0.4) is 0 Å². The van der Waals surface area contributed by atoms with Gasteiger partial charge in [-0.05, 0) is 46.5 Å². The number of aromatic nitrogens is 4. The monoisotopic (exact) mass is 643 g/mol. The van der Waals surface area contributed by atoms with Crippen molar-refractivity contribution in [2.24, 2.45) is 0 Å². The molecule has 9 rings (SSSR count). The van der Waals surface area contributed by atoms with Gasteiger partial charge in [0.05, 0.1) is 40.0 Å². The molecule has 0 aliphatic rings. The van der Waals surface area contributed by atoms with Gasteiger partial charge in [0.25, 0.3) is 0 Å². The molecule has 9 aromatic rings. The standard InChI is InChI=1S/C45H30N4/c1-4-14-31(15-5-1)32-24-26-33(27-25-32)36-28-29-39(42(30-36)49-40-22-12-10-20-37(40)38-21-11-13-23-41(38)49)45-47-43(34-16-6-2-7-17-34)46-44(48-45)35-18-8-3-9-19-35/h1-30H/i1D,4D,5D,10D,11D,12D,13D,14D,15D,20D,21D,22D,23D,24D,25D,26D,27D. The first-order valence-electron chi connectivity index (χ1n) is 23.6. The Morgan fingerprint density at radius 2 is 0.857 bits per heavy atom. The molecule has 0 unspecified atom stereocenters.